The Bertz CT molecular complexity index is 470. The Balaban J connectivity index is 2.27. The highest BCUT2D eigenvalue weighted by molar-refractivity contribution is 5.86. The van der Waals surface area contributed by atoms with Crippen LogP contribution in [0.15, 0.2) is 0 Å². The van der Waals surface area contributed by atoms with Crippen molar-refractivity contribution >= 4 is 5.97 Å². The number of aromatic carboxylic acids is 1. The lowest BCUT2D eigenvalue weighted by molar-refractivity contribution is -0.0175. The van der Waals surface area contributed by atoms with Crippen molar-refractivity contribution in [1.82, 2.24) is 15.0 Å². The molecule has 0 aliphatic heterocycles. The second-order valence-corrected chi connectivity index (χ2v) is 4.87. The van der Waals surface area contributed by atoms with Crippen molar-refractivity contribution in [3.63, 3.8) is 0 Å². The maximum absolute atomic E-state index is 12.9. The van der Waals surface area contributed by atoms with Crippen LogP contribution in [0.1, 0.15) is 54.7 Å². The van der Waals surface area contributed by atoms with Gasteiger partial charge in [-0.05, 0) is 12.8 Å². The van der Waals surface area contributed by atoms with E-state index >= 15 is 0 Å². The second-order valence-electron chi connectivity index (χ2n) is 4.87. The molecule has 0 bridgehead atoms. The van der Waals surface area contributed by atoms with Crippen LogP contribution in [0.5, 0.6) is 0 Å². The summed E-state index contributed by atoms with van der Waals surface area (Å²) in [5.74, 6) is -1.54. The number of carbonyl (C=O) groups is 1. The molecule has 6 nitrogen and oxygen atoms in total. The molecule has 1 aromatic rings. The Morgan fingerprint density at radius 1 is 1.37 bits per heavy atom. The average Bonchev–Trinajstić information content (AvgIpc) is 2.73. The largest absolute Gasteiger partial charge is 0.476 e. The zero-order valence-electron chi connectivity index (χ0n) is 10.2. The van der Waals surface area contributed by atoms with Crippen molar-refractivity contribution in [2.75, 3.05) is 0 Å². The molecule has 0 aromatic carbocycles. The zero-order valence-corrected chi connectivity index (χ0v) is 10.2. The molecule has 1 aliphatic rings. The van der Waals surface area contributed by atoms with Crippen molar-refractivity contribution < 1.29 is 23.8 Å². The molecule has 1 fully saturated rings. The van der Waals surface area contributed by atoms with Crippen LogP contribution in [0.25, 0.3) is 0 Å². The van der Waals surface area contributed by atoms with Gasteiger partial charge in [-0.2, -0.15) is 0 Å². The number of carboxylic acids is 1. The fraction of sp³-hybridized carbons (Fsp3) is 0.727. The molecule has 0 spiro atoms. The quantitative estimate of drug-likeness (QED) is 0.871. The maximum atomic E-state index is 12.9. The van der Waals surface area contributed by atoms with Gasteiger partial charge < -0.3 is 10.2 Å². The van der Waals surface area contributed by atoms with Crippen molar-refractivity contribution in [3.05, 3.63) is 11.4 Å². The molecular weight excluding hydrogens is 260 g/mol. The zero-order chi connectivity index (χ0) is 14.0. The number of nitrogens with zero attached hydrogens (tertiary/aromatic N) is 3. The van der Waals surface area contributed by atoms with Gasteiger partial charge in [-0.3, -0.25) is 0 Å². The number of rotatable bonds is 4. The van der Waals surface area contributed by atoms with Gasteiger partial charge in [-0.25, -0.2) is 18.3 Å². The van der Waals surface area contributed by atoms with E-state index in [1.165, 1.54) is 0 Å². The molecule has 19 heavy (non-hydrogen) atoms. The molecule has 1 aromatic heterocycles. The Kier molecular flexibility index (Phi) is 3.79. The number of halogens is 2. The van der Waals surface area contributed by atoms with Crippen LogP contribution in [0, 0.1) is 0 Å². The first-order chi connectivity index (χ1) is 8.93. The van der Waals surface area contributed by atoms with E-state index < -0.39 is 29.4 Å². The third-order valence-corrected chi connectivity index (χ3v) is 3.41. The van der Waals surface area contributed by atoms with E-state index in [0.29, 0.717) is 12.8 Å². The standard InChI is InChI=1S/C11H15F2N3O3/c12-9(13)8-7(10(17)18)14-15-16(8)6-11(19)4-2-1-3-5-11/h9,19H,1-6H2,(H,17,18). The van der Waals surface area contributed by atoms with Gasteiger partial charge in [0, 0.05) is 0 Å². The molecule has 0 saturated heterocycles. The summed E-state index contributed by atoms with van der Waals surface area (Å²) in [6.45, 7) is -0.146. The second kappa shape index (κ2) is 5.20. The minimum absolute atomic E-state index is 0.146. The van der Waals surface area contributed by atoms with E-state index in [2.05, 4.69) is 10.3 Å². The minimum Gasteiger partial charge on any atom is -0.476 e. The lowest BCUT2D eigenvalue weighted by atomic mass is 9.85. The summed E-state index contributed by atoms with van der Waals surface area (Å²) in [4.78, 5) is 10.8. The van der Waals surface area contributed by atoms with Gasteiger partial charge in [0.15, 0.2) is 5.69 Å². The average molecular weight is 275 g/mol. The molecule has 106 valence electrons. The van der Waals surface area contributed by atoms with Crippen molar-refractivity contribution in [2.24, 2.45) is 0 Å². The Hall–Kier alpha value is -1.57. The molecule has 2 rings (SSSR count). The summed E-state index contributed by atoms with van der Waals surface area (Å²) in [7, 11) is 0. The van der Waals surface area contributed by atoms with Crippen LogP contribution in [0.4, 0.5) is 8.78 Å². The molecule has 8 heteroatoms. The monoisotopic (exact) mass is 275 g/mol. The Labute approximate surface area is 108 Å². The number of aromatic nitrogens is 3. The van der Waals surface area contributed by atoms with Gasteiger partial charge in [-0.1, -0.05) is 24.5 Å². The van der Waals surface area contributed by atoms with Crippen LogP contribution >= 0.6 is 0 Å². The number of hydrogen-bond acceptors (Lipinski definition) is 4. The molecule has 1 heterocycles. The molecule has 0 atom stereocenters. The molecule has 2 N–H and O–H groups in total. The molecular formula is C11H15F2N3O3. The van der Waals surface area contributed by atoms with Crippen LogP contribution in [-0.2, 0) is 6.54 Å². The molecule has 0 amide bonds. The van der Waals surface area contributed by atoms with Gasteiger partial charge >= 0.3 is 5.97 Å². The third kappa shape index (κ3) is 2.89. The molecule has 0 unspecified atom stereocenters. The van der Waals surface area contributed by atoms with E-state index in [-0.39, 0.29) is 6.54 Å². The smallest absolute Gasteiger partial charge is 0.358 e. The van der Waals surface area contributed by atoms with Gasteiger partial charge in [0.2, 0.25) is 0 Å². The first kappa shape index (κ1) is 13.9. The predicted molar refractivity (Wildman–Crippen MR) is 60.0 cm³/mol. The highest BCUT2D eigenvalue weighted by Gasteiger charge is 2.34. The van der Waals surface area contributed by atoms with Crippen molar-refractivity contribution in [2.45, 2.75) is 50.7 Å². The summed E-state index contributed by atoms with van der Waals surface area (Å²) >= 11 is 0. The van der Waals surface area contributed by atoms with E-state index in [1.54, 1.807) is 0 Å². The summed E-state index contributed by atoms with van der Waals surface area (Å²) in [6, 6.07) is 0. The number of aliphatic hydroxyl groups is 1. The summed E-state index contributed by atoms with van der Waals surface area (Å²) in [5.41, 5.74) is -2.60. The van der Waals surface area contributed by atoms with E-state index in [9.17, 15) is 18.7 Å². The van der Waals surface area contributed by atoms with Gasteiger partial charge in [-0.15, -0.1) is 5.10 Å². The van der Waals surface area contributed by atoms with E-state index in [1.807, 2.05) is 0 Å². The SMILES string of the molecule is O=C(O)c1nnn(CC2(O)CCCCC2)c1C(F)F. The first-order valence-electron chi connectivity index (χ1n) is 6.10. The van der Waals surface area contributed by atoms with Crippen LogP contribution in [0.3, 0.4) is 0 Å². The summed E-state index contributed by atoms with van der Waals surface area (Å²) in [5, 5.41) is 25.8. The first-order valence-corrected chi connectivity index (χ1v) is 6.10. The van der Waals surface area contributed by atoms with Gasteiger partial charge in [0.1, 0.15) is 5.69 Å². The van der Waals surface area contributed by atoms with Crippen molar-refractivity contribution in [3.8, 4) is 0 Å². The van der Waals surface area contributed by atoms with Crippen molar-refractivity contribution in [1.29, 1.82) is 0 Å². The summed E-state index contributed by atoms with van der Waals surface area (Å²) < 4.78 is 26.6. The Morgan fingerprint density at radius 3 is 2.53 bits per heavy atom. The fourth-order valence-corrected chi connectivity index (χ4v) is 2.45. The summed E-state index contributed by atoms with van der Waals surface area (Å²) in [6.07, 6.45) is 0.646. The number of hydrogen-bond donors (Lipinski definition) is 2. The lowest BCUT2D eigenvalue weighted by Gasteiger charge is -2.32. The fourth-order valence-electron chi connectivity index (χ4n) is 2.45. The van der Waals surface area contributed by atoms with Crippen LogP contribution in [-0.4, -0.2) is 36.8 Å². The number of carboxylic acid groups (broad SMARTS) is 1. The highest BCUT2D eigenvalue weighted by atomic mass is 19.3. The van der Waals surface area contributed by atoms with Gasteiger partial charge in [0.05, 0.1) is 12.1 Å². The van der Waals surface area contributed by atoms with E-state index in [0.717, 1.165) is 23.9 Å². The highest BCUT2D eigenvalue weighted by Crippen LogP contribution is 2.31. The normalized spacial score (nSPS) is 18.7. The Morgan fingerprint density at radius 2 is 2.00 bits per heavy atom. The molecule has 0 radical (unpaired) electrons. The van der Waals surface area contributed by atoms with Gasteiger partial charge in [0.25, 0.3) is 6.43 Å². The van der Waals surface area contributed by atoms with E-state index in [4.69, 9.17) is 5.11 Å². The lowest BCUT2D eigenvalue weighted by Crippen LogP contribution is -2.37. The molecule has 1 aliphatic carbocycles. The van der Waals surface area contributed by atoms with Crippen LogP contribution in [0.2, 0.25) is 0 Å². The number of alkyl halides is 2. The maximum Gasteiger partial charge on any atom is 0.358 e. The topological polar surface area (TPSA) is 88.2 Å². The third-order valence-electron chi connectivity index (χ3n) is 3.41. The van der Waals surface area contributed by atoms with Crippen LogP contribution < -0.4 is 0 Å². The minimum atomic E-state index is -2.99. The molecule has 1 saturated carbocycles. The predicted octanol–water partition coefficient (Wildman–Crippen LogP) is 1.61.